The first-order chi connectivity index (χ1) is 14.3. The van der Waals surface area contributed by atoms with Gasteiger partial charge in [-0.3, -0.25) is 0 Å². The highest BCUT2D eigenvalue weighted by Crippen LogP contribution is 2.44. The zero-order chi connectivity index (χ0) is 21.5. The number of benzene rings is 1. The molecule has 1 aliphatic rings. The molecule has 0 amide bonds. The summed E-state index contributed by atoms with van der Waals surface area (Å²) >= 11 is 2.96. The van der Waals surface area contributed by atoms with Gasteiger partial charge in [0.1, 0.15) is 11.1 Å². The number of aliphatic hydroxyl groups is 1. The number of hydrogen-bond donors (Lipinski definition) is 2. The molecule has 0 radical (unpaired) electrons. The topological polar surface area (TPSA) is 70.9 Å². The van der Waals surface area contributed by atoms with E-state index in [4.69, 9.17) is 4.98 Å². The Labute approximate surface area is 186 Å². The van der Waals surface area contributed by atoms with Crippen molar-refractivity contribution in [3.63, 3.8) is 0 Å². The molecule has 5 nitrogen and oxygen atoms in total. The number of hydrogen-bond acceptors (Lipinski definition) is 7. The fraction of sp³-hybridized carbons (Fsp3) is 0.522. The van der Waals surface area contributed by atoms with Crippen molar-refractivity contribution in [2.24, 2.45) is 0 Å². The molecule has 1 atom stereocenters. The third-order valence-electron chi connectivity index (χ3n) is 5.58. The number of thioether (sulfide) groups is 1. The molecule has 2 aromatic heterocycles. The molecule has 1 aromatic carbocycles. The maximum atomic E-state index is 9.68. The lowest BCUT2D eigenvalue weighted by Crippen LogP contribution is -2.13. The van der Waals surface area contributed by atoms with Crippen LogP contribution in [0.2, 0.25) is 0 Å². The first kappa shape index (κ1) is 21.5. The number of pyridine rings is 1. The Hall–Kier alpha value is -1.70. The Morgan fingerprint density at radius 1 is 1.23 bits per heavy atom. The third kappa shape index (κ3) is 4.63. The van der Waals surface area contributed by atoms with Crippen LogP contribution in [0, 0.1) is 6.92 Å². The van der Waals surface area contributed by atoms with E-state index < -0.39 is 0 Å². The Morgan fingerprint density at radius 3 is 2.67 bits per heavy atom. The summed E-state index contributed by atoms with van der Waals surface area (Å²) in [7, 11) is 0. The molecule has 3 aromatic rings. The highest BCUT2D eigenvalue weighted by Gasteiger charge is 2.28. The van der Waals surface area contributed by atoms with Crippen LogP contribution in [0.15, 0.2) is 18.2 Å². The minimum absolute atomic E-state index is 0.0210. The van der Waals surface area contributed by atoms with Crippen molar-refractivity contribution >= 4 is 39.1 Å². The van der Waals surface area contributed by atoms with Gasteiger partial charge in [0.2, 0.25) is 5.13 Å². The predicted molar refractivity (Wildman–Crippen MR) is 129 cm³/mol. The summed E-state index contributed by atoms with van der Waals surface area (Å²) in [6.45, 7) is 9.62. The van der Waals surface area contributed by atoms with E-state index in [-0.39, 0.29) is 10.9 Å². The molecule has 0 aliphatic heterocycles. The smallest absolute Gasteiger partial charge is 0.206 e. The van der Waals surface area contributed by atoms with Crippen molar-refractivity contribution in [2.45, 2.75) is 63.7 Å². The van der Waals surface area contributed by atoms with E-state index in [1.165, 1.54) is 58.0 Å². The zero-order valence-electron chi connectivity index (χ0n) is 18.3. The van der Waals surface area contributed by atoms with Crippen LogP contribution in [0.3, 0.4) is 0 Å². The standard InChI is InChI=1S/C23H30N4OS2/c1-13-10-18(21-26-27-22(30-21)24-9-8-19(28)29-5)25-20-16(13)11-15(14-6-7-14)12-17(20)23(2,3)4/h10-12,14,19,28H,6-9H2,1-5H3,(H,24,27). The second-order valence-corrected chi connectivity index (χ2v) is 11.1. The number of nitrogens with one attached hydrogen (secondary N) is 1. The number of aryl methyl sites for hydroxylation is 1. The summed E-state index contributed by atoms with van der Waals surface area (Å²) < 4.78 is 0. The molecular weight excluding hydrogens is 412 g/mol. The molecule has 1 fully saturated rings. The number of rotatable bonds is 7. The molecule has 1 unspecified atom stereocenters. The van der Waals surface area contributed by atoms with Gasteiger partial charge >= 0.3 is 0 Å². The molecule has 160 valence electrons. The van der Waals surface area contributed by atoms with Gasteiger partial charge in [-0.15, -0.1) is 22.0 Å². The lowest BCUT2D eigenvalue weighted by atomic mass is 9.83. The number of anilines is 1. The number of nitrogens with zero attached hydrogens (tertiary/aromatic N) is 3. The van der Waals surface area contributed by atoms with Gasteiger partial charge in [-0.05, 0) is 66.2 Å². The Morgan fingerprint density at radius 2 is 2.00 bits per heavy atom. The average Bonchev–Trinajstić information content (AvgIpc) is 3.44. The summed E-state index contributed by atoms with van der Waals surface area (Å²) in [6, 6.07) is 6.85. The first-order valence-electron chi connectivity index (χ1n) is 10.5. The highest BCUT2D eigenvalue weighted by atomic mass is 32.2. The lowest BCUT2D eigenvalue weighted by Gasteiger charge is -2.23. The van der Waals surface area contributed by atoms with Crippen molar-refractivity contribution in [2.75, 3.05) is 18.1 Å². The van der Waals surface area contributed by atoms with Crippen LogP contribution in [-0.2, 0) is 5.41 Å². The average molecular weight is 443 g/mol. The number of aromatic nitrogens is 3. The molecule has 0 saturated heterocycles. The second-order valence-electron chi connectivity index (χ2n) is 9.13. The molecule has 1 aliphatic carbocycles. The Bertz CT molecular complexity index is 1050. The maximum absolute atomic E-state index is 9.68. The van der Waals surface area contributed by atoms with Crippen molar-refractivity contribution in [1.29, 1.82) is 0 Å². The fourth-order valence-electron chi connectivity index (χ4n) is 3.67. The van der Waals surface area contributed by atoms with Crippen LogP contribution >= 0.6 is 23.1 Å². The van der Waals surface area contributed by atoms with Crippen molar-refractivity contribution < 1.29 is 5.11 Å². The van der Waals surface area contributed by atoms with E-state index in [2.05, 4.69) is 61.4 Å². The molecule has 1 saturated carbocycles. The molecular formula is C23H30N4OS2. The van der Waals surface area contributed by atoms with Gasteiger partial charge in [0, 0.05) is 18.4 Å². The normalized spacial score (nSPS) is 15.5. The van der Waals surface area contributed by atoms with E-state index >= 15 is 0 Å². The minimum Gasteiger partial charge on any atom is -0.382 e. The number of aliphatic hydroxyl groups excluding tert-OH is 1. The SMILES string of the molecule is CSC(O)CCNc1nnc(-c2cc(C)c3cc(C4CC4)cc(C(C)(C)C)c3n2)s1. The summed E-state index contributed by atoms with van der Waals surface area (Å²) in [5.41, 5.74) is 5.62. The van der Waals surface area contributed by atoms with Gasteiger partial charge in [0.25, 0.3) is 0 Å². The Kier molecular flexibility index (Phi) is 6.06. The van der Waals surface area contributed by atoms with Gasteiger partial charge in [0.15, 0.2) is 5.01 Å². The molecule has 0 spiro atoms. The summed E-state index contributed by atoms with van der Waals surface area (Å²) in [5.74, 6) is 0.719. The Balaban J connectivity index is 1.68. The lowest BCUT2D eigenvalue weighted by molar-refractivity contribution is 0.257. The van der Waals surface area contributed by atoms with Crippen molar-refractivity contribution in [3.8, 4) is 10.7 Å². The van der Waals surface area contributed by atoms with Crippen LogP contribution in [0.25, 0.3) is 21.6 Å². The van der Waals surface area contributed by atoms with Gasteiger partial charge in [0.05, 0.1) is 5.52 Å². The highest BCUT2D eigenvalue weighted by molar-refractivity contribution is 7.99. The van der Waals surface area contributed by atoms with Crippen LogP contribution in [0.1, 0.15) is 62.6 Å². The van der Waals surface area contributed by atoms with E-state index in [0.717, 1.165) is 27.3 Å². The zero-order valence-corrected chi connectivity index (χ0v) is 20.0. The summed E-state index contributed by atoms with van der Waals surface area (Å²) in [4.78, 5) is 5.07. The van der Waals surface area contributed by atoms with E-state index in [0.29, 0.717) is 13.0 Å². The first-order valence-corrected chi connectivity index (χ1v) is 12.6. The molecule has 2 N–H and O–H groups in total. The molecule has 30 heavy (non-hydrogen) atoms. The predicted octanol–water partition coefficient (Wildman–Crippen LogP) is 5.72. The van der Waals surface area contributed by atoms with Gasteiger partial charge in [-0.2, -0.15) is 0 Å². The van der Waals surface area contributed by atoms with Crippen LogP contribution in [0.4, 0.5) is 5.13 Å². The van der Waals surface area contributed by atoms with Crippen LogP contribution < -0.4 is 5.32 Å². The van der Waals surface area contributed by atoms with Crippen LogP contribution in [-0.4, -0.2) is 38.5 Å². The van der Waals surface area contributed by atoms with Crippen molar-refractivity contribution in [1.82, 2.24) is 15.2 Å². The van der Waals surface area contributed by atoms with E-state index in [1.54, 1.807) is 0 Å². The van der Waals surface area contributed by atoms with E-state index in [1.807, 2.05) is 6.26 Å². The molecule has 2 heterocycles. The van der Waals surface area contributed by atoms with Crippen molar-refractivity contribution in [3.05, 3.63) is 34.9 Å². The molecule has 4 rings (SSSR count). The number of fused-ring (bicyclic) bond motifs is 1. The van der Waals surface area contributed by atoms with Gasteiger partial charge < -0.3 is 10.4 Å². The maximum Gasteiger partial charge on any atom is 0.206 e. The largest absolute Gasteiger partial charge is 0.382 e. The molecule has 0 bridgehead atoms. The monoisotopic (exact) mass is 442 g/mol. The van der Waals surface area contributed by atoms with E-state index in [9.17, 15) is 5.11 Å². The fourth-order valence-corrected chi connectivity index (χ4v) is 4.75. The summed E-state index contributed by atoms with van der Waals surface area (Å²) in [6.07, 6.45) is 5.17. The van der Waals surface area contributed by atoms with Gasteiger partial charge in [-0.1, -0.05) is 38.2 Å². The third-order valence-corrected chi connectivity index (χ3v) is 7.27. The van der Waals surface area contributed by atoms with Gasteiger partial charge in [-0.25, -0.2) is 4.98 Å². The van der Waals surface area contributed by atoms with Crippen LogP contribution in [0.5, 0.6) is 0 Å². The minimum atomic E-state index is -0.356. The molecule has 7 heteroatoms. The second kappa shape index (κ2) is 8.44. The quantitative estimate of drug-likeness (QED) is 0.456. The summed E-state index contributed by atoms with van der Waals surface area (Å²) in [5, 5.41) is 24.4.